The van der Waals surface area contributed by atoms with Crippen molar-refractivity contribution in [3.8, 4) is 0 Å². The number of pyridine rings is 2. The van der Waals surface area contributed by atoms with E-state index in [2.05, 4.69) is 88.4 Å². The van der Waals surface area contributed by atoms with Gasteiger partial charge in [0.05, 0.1) is 63.9 Å². The van der Waals surface area contributed by atoms with Crippen molar-refractivity contribution in [3.63, 3.8) is 0 Å². The molecule has 4 aromatic rings. The van der Waals surface area contributed by atoms with Crippen LogP contribution in [0.1, 0.15) is 133 Å². The molecule has 2 aromatic carbocycles. The van der Waals surface area contributed by atoms with Gasteiger partial charge in [0.2, 0.25) is 11.8 Å². The average molecular weight is 1070 g/mol. The number of carbonyl (C=O) groups is 4. The van der Waals surface area contributed by atoms with Crippen LogP contribution in [0.3, 0.4) is 0 Å². The van der Waals surface area contributed by atoms with Crippen LogP contribution in [0.15, 0.2) is 60.7 Å². The van der Waals surface area contributed by atoms with Crippen molar-refractivity contribution in [2.24, 2.45) is 5.73 Å². The lowest BCUT2D eigenvalue weighted by molar-refractivity contribution is -0.137. The largest absolute Gasteiger partial charge is 0.383 e. The number of hydrogen-bond acceptors (Lipinski definition) is 15. The van der Waals surface area contributed by atoms with Gasteiger partial charge in [-0.1, -0.05) is 96.4 Å². The van der Waals surface area contributed by atoms with Crippen molar-refractivity contribution < 1.29 is 38.1 Å². The number of nitrogens with two attached hydrogens (primary N) is 3. The molecule has 17 nitrogen and oxygen atoms in total. The molecule has 4 amide bonds. The molecule has 422 valence electrons. The Bertz CT molecular complexity index is 2300. The van der Waals surface area contributed by atoms with E-state index in [1.807, 2.05) is 19.1 Å². The second-order valence-electron chi connectivity index (χ2n) is 18.7. The summed E-state index contributed by atoms with van der Waals surface area (Å²) in [4.78, 5) is 57.2. The number of ether oxygens (including phenoxy) is 4. The number of nitrogens with zero attached hydrogens (tertiary/aromatic N) is 3. The van der Waals surface area contributed by atoms with Crippen LogP contribution in [-0.2, 0) is 63.8 Å². The topological polar surface area (TPSA) is 248 Å². The van der Waals surface area contributed by atoms with Crippen molar-refractivity contribution in [3.05, 3.63) is 82.9 Å². The first kappa shape index (κ1) is 65.1. The number of fused-ring (bicyclic) bond motifs is 2. The third kappa shape index (κ3) is 26.7. The maximum Gasteiger partial charge on any atom is 0.253 e. The zero-order valence-electron chi connectivity index (χ0n) is 46.0. The van der Waals surface area contributed by atoms with Crippen LogP contribution in [0, 0.1) is 0 Å². The number of aryl methyl sites for hydroxylation is 4. The minimum atomic E-state index is -0.398. The minimum Gasteiger partial charge on any atom is -0.383 e. The van der Waals surface area contributed by atoms with Gasteiger partial charge in [-0.15, -0.1) is 0 Å². The van der Waals surface area contributed by atoms with Crippen LogP contribution >= 0.6 is 12.8 Å². The van der Waals surface area contributed by atoms with Crippen LogP contribution in [0.25, 0.3) is 21.8 Å². The molecule has 0 saturated carbocycles. The van der Waals surface area contributed by atoms with E-state index < -0.39 is 11.8 Å². The summed E-state index contributed by atoms with van der Waals surface area (Å²) in [6.07, 6.45) is 20.5. The average Bonchev–Trinajstić information content (AvgIpc) is 3.74. The first-order chi connectivity index (χ1) is 37.1. The SMILES string of the molecule is CCCCCc1cc2c(CCCCCN)cccc2nc1N.CCCCCc1cc2c(CCCCCNC(=O)CCOCCOCCOCCOCCNC(=O)CCN3C(=O)C=CC3=O)cccc2nc1N.CCNS. The molecule has 0 radical (unpaired) electrons. The fraction of sp³-hybridized carbons (Fsp3) is 0.586. The van der Waals surface area contributed by atoms with E-state index in [4.69, 9.17) is 36.1 Å². The fourth-order valence-corrected chi connectivity index (χ4v) is 8.31. The van der Waals surface area contributed by atoms with Crippen LogP contribution in [0.2, 0.25) is 0 Å². The predicted molar refractivity (Wildman–Crippen MR) is 310 cm³/mol. The number of thiol groups is 1. The standard InChI is InChI=1S/C37H55N5O8.C19H29N3.C2H7NS/c1-2-3-5-10-30-28-31-29(11-8-12-32(31)41-37(30)38)9-6-4-7-17-39-34(44)16-20-47-22-24-49-26-27-50-25-23-48-21-18-40-33(43)15-19-42-35(45)13-14-36(42)46;1-2-3-5-10-16-14-17-15(9-6-4-7-13-20)11-8-12-18(17)22-19(16)21;1-2-3-4/h8,11-14,28H,2-7,9-10,15-27H2,1H3,(H2,38,41)(H,39,44)(H,40,43);8,11-12,14H,2-7,9-10,13,20H2,1H3,(H2,21,22);3-4H,2H2,1H3. The summed E-state index contributed by atoms with van der Waals surface area (Å²) < 4.78 is 24.5. The zero-order valence-corrected chi connectivity index (χ0v) is 46.9. The molecule has 76 heavy (non-hydrogen) atoms. The monoisotopic (exact) mass is 1070 g/mol. The number of benzene rings is 2. The highest BCUT2D eigenvalue weighted by molar-refractivity contribution is 7.78. The highest BCUT2D eigenvalue weighted by atomic mass is 32.1. The number of imide groups is 1. The molecule has 3 heterocycles. The third-order valence-electron chi connectivity index (χ3n) is 12.6. The molecule has 0 saturated heterocycles. The van der Waals surface area contributed by atoms with Crippen LogP contribution in [-0.4, -0.2) is 124 Å². The Kier molecular flexibility index (Phi) is 35.1. The Morgan fingerprint density at radius 3 is 1.47 bits per heavy atom. The van der Waals surface area contributed by atoms with Gasteiger partial charge in [-0.25, -0.2) is 9.97 Å². The quantitative estimate of drug-likeness (QED) is 0.0128. The summed E-state index contributed by atoms with van der Waals surface area (Å²) >= 11 is 3.67. The van der Waals surface area contributed by atoms with Crippen molar-refractivity contribution in [1.82, 2.24) is 30.2 Å². The van der Waals surface area contributed by atoms with Crippen molar-refractivity contribution in [2.75, 3.05) is 97.0 Å². The molecule has 5 rings (SSSR count). The number of anilines is 2. The second kappa shape index (κ2) is 41.0. The molecule has 0 atom stereocenters. The van der Waals surface area contributed by atoms with E-state index in [-0.39, 0.29) is 24.8 Å². The fourth-order valence-electron chi connectivity index (χ4n) is 8.31. The van der Waals surface area contributed by atoms with Gasteiger partial charge in [0.15, 0.2) is 0 Å². The normalized spacial score (nSPS) is 12.0. The summed E-state index contributed by atoms with van der Waals surface area (Å²) in [7, 11) is 0. The number of nitrogens with one attached hydrogen (secondary N) is 3. The van der Waals surface area contributed by atoms with Crippen molar-refractivity contribution in [1.29, 1.82) is 0 Å². The first-order valence-corrected chi connectivity index (χ1v) is 28.3. The maximum absolute atomic E-state index is 12.1. The van der Waals surface area contributed by atoms with Gasteiger partial charge in [-0.05, 0) is 117 Å². The van der Waals surface area contributed by atoms with Crippen LogP contribution < -0.4 is 32.6 Å². The van der Waals surface area contributed by atoms with Gasteiger partial charge >= 0.3 is 0 Å². The molecule has 18 heteroatoms. The molecule has 0 aliphatic carbocycles. The highest BCUT2D eigenvalue weighted by Crippen LogP contribution is 2.26. The Hall–Kier alpha value is -5.21. The molecule has 2 aromatic heterocycles. The smallest absolute Gasteiger partial charge is 0.253 e. The van der Waals surface area contributed by atoms with Gasteiger partial charge in [0.25, 0.3) is 11.8 Å². The summed E-state index contributed by atoms with van der Waals surface area (Å²) in [5.41, 5.74) is 24.9. The number of hydrogen-bond donors (Lipinski definition) is 7. The van der Waals surface area contributed by atoms with E-state index in [1.165, 1.54) is 84.6 Å². The van der Waals surface area contributed by atoms with E-state index in [0.717, 1.165) is 92.4 Å². The van der Waals surface area contributed by atoms with Gasteiger partial charge in [0, 0.05) is 61.9 Å². The summed E-state index contributed by atoms with van der Waals surface area (Å²) in [5.74, 6) is 0.279. The van der Waals surface area contributed by atoms with Crippen molar-refractivity contribution in [2.45, 2.75) is 136 Å². The lowest BCUT2D eigenvalue weighted by Gasteiger charge is -2.13. The minimum absolute atomic E-state index is 0.0112. The second-order valence-corrected chi connectivity index (χ2v) is 19.0. The molecule has 0 spiro atoms. The number of rotatable bonds is 38. The maximum atomic E-state index is 12.1. The molecular formula is C58H91N9O8S. The molecule has 1 aliphatic heterocycles. The van der Waals surface area contributed by atoms with Crippen molar-refractivity contribution >= 4 is 69.9 Å². The van der Waals surface area contributed by atoms with Crippen LogP contribution in [0.4, 0.5) is 11.6 Å². The molecule has 1 aliphatic rings. The lowest BCUT2D eigenvalue weighted by Crippen LogP contribution is -2.35. The summed E-state index contributed by atoms with van der Waals surface area (Å²) in [6.45, 7) is 12.3. The van der Waals surface area contributed by atoms with E-state index in [9.17, 15) is 19.2 Å². The number of unbranched alkanes of at least 4 members (excludes halogenated alkanes) is 8. The molecule has 0 fully saturated rings. The third-order valence-corrected chi connectivity index (χ3v) is 12.9. The number of aromatic nitrogens is 2. The van der Waals surface area contributed by atoms with Gasteiger partial charge in [0.1, 0.15) is 11.6 Å². The van der Waals surface area contributed by atoms with Gasteiger partial charge < -0.3 is 46.8 Å². The summed E-state index contributed by atoms with van der Waals surface area (Å²) in [6, 6.07) is 17.1. The Morgan fingerprint density at radius 2 is 0.987 bits per heavy atom. The van der Waals surface area contributed by atoms with E-state index >= 15 is 0 Å². The van der Waals surface area contributed by atoms with Gasteiger partial charge in [-0.2, -0.15) is 0 Å². The zero-order chi connectivity index (χ0) is 55.0. The Balaban J connectivity index is 0.000000481. The lowest BCUT2D eigenvalue weighted by atomic mass is 9.99. The van der Waals surface area contributed by atoms with E-state index in [1.54, 1.807) is 0 Å². The number of amides is 4. The molecule has 0 bridgehead atoms. The Morgan fingerprint density at radius 1 is 0.553 bits per heavy atom. The van der Waals surface area contributed by atoms with Gasteiger partial charge in [-0.3, -0.25) is 28.8 Å². The van der Waals surface area contributed by atoms with Crippen LogP contribution in [0.5, 0.6) is 0 Å². The number of carbonyl (C=O) groups excluding carboxylic acids is 4. The summed E-state index contributed by atoms with van der Waals surface area (Å²) in [5, 5.41) is 8.13. The molecular weight excluding hydrogens is 983 g/mol. The Labute approximate surface area is 458 Å². The molecule has 0 unspecified atom stereocenters. The first-order valence-electron chi connectivity index (χ1n) is 27.8. The highest BCUT2D eigenvalue weighted by Gasteiger charge is 2.23. The van der Waals surface area contributed by atoms with E-state index in [0.29, 0.717) is 84.0 Å². The molecule has 9 N–H and O–H groups in total. The number of nitrogen functional groups attached to an aromatic ring is 2. The predicted octanol–water partition coefficient (Wildman–Crippen LogP) is 7.93.